The van der Waals surface area contributed by atoms with Crippen LogP contribution in [0, 0.1) is 0 Å². The first kappa shape index (κ1) is 24.8. The summed E-state index contributed by atoms with van der Waals surface area (Å²) in [5, 5.41) is 6.66. The predicted molar refractivity (Wildman–Crippen MR) is 136 cm³/mol. The van der Waals surface area contributed by atoms with Crippen molar-refractivity contribution in [1.82, 2.24) is 9.80 Å². The van der Waals surface area contributed by atoms with Crippen LogP contribution in [-0.2, 0) is 9.53 Å². The zero-order chi connectivity index (χ0) is 23.9. The van der Waals surface area contributed by atoms with Crippen LogP contribution in [0.5, 0.6) is 0 Å². The number of morpholine rings is 1. The molecule has 2 aromatic rings. The number of amides is 3. The van der Waals surface area contributed by atoms with Gasteiger partial charge in [0.05, 0.1) is 28.9 Å². The molecule has 2 saturated heterocycles. The van der Waals surface area contributed by atoms with Gasteiger partial charge in [0.15, 0.2) is 0 Å². The number of urea groups is 1. The lowest BCUT2D eigenvalue weighted by Crippen LogP contribution is -2.40. The topological polar surface area (TPSA) is 73.9 Å². The molecular formula is C25H30Cl2N4O3. The summed E-state index contributed by atoms with van der Waals surface area (Å²) in [6, 6.07) is 13.0. The Morgan fingerprint density at radius 2 is 1.56 bits per heavy atom. The first-order valence-corrected chi connectivity index (χ1v) is 12.4. The molecule has 0 aliphatic carbocycles. The number of carbonyl (C=O) groups excluding carboxylic acids is 2. The number of ether oxygens (including phenoxy) is 1. The second-order valence-corrected chi connectivity index (χ2v) is 9.48. The average molecular weight is 505 g/mol. The minimum Gasteiger partial charge on any atom is -0.379 e. The molecule has 2 heterocycles. The molecule has 2 fully saturated rings. The molecule has 0 bridgehead atoms. The Hall–Kier alpha value is -2.32. The van der Waals surface area contributed by atoms with Gasteiger partial charge in [-0.3, -0.25) is 9.69 Å². The van der Waals surface area contributed by atoms with Crippen molar-refractivity contribution < 1.29 is 14.3 Å². The molecule has 0 spiro atoms. The number of carbonyl (C=O) groups is 2. The Balaban J connectivity index is 1.22. The van der Waals surface area contributed by atoms with Crippen molar-refractivity contribution in [2.45, 2.75) is 25.2 Å². The molecule has 182 valence electrons. The van der Waals surface area contributed by atoms with Crippen LogP contribution in [0.1, 0.15) is 30.7 Å². The van der Waals surface area contributed by atoms with Crippen molar-refractivity contribution in [2.75, 3.05) is 56.6 Å². The van der Waals surface area contributed by atoms with Gasteiger partial charge in [0.1, 0.15) is 0 Å². The van der Waals surface area contributed by atoms with E-state index in [1.807, 2.05) is 12.1 Å². The monoisotopic (exact) mass is 504 g/mol. The van der Waals surface area contributed by atoms with Gasteiger partial charge in [0.2, 0.25) is 5.91 Å². The van der Waals surface area contributed by atoms with Gasteiger partial charge in [-0.15, -0.1) is 0 Å². The maximum atomic E-state index is 12.7. The summed E-state index contributed by atoms with van der Waals surface area (Å²) in [4.78, 5) is 29.0. The highest BCUT2D eigenvalue weighted by molar-refractivity contribution is 6.39. The second-order valence-electron chi connectivity index (χ2n) is 8.66. The van der Waals surface area contributed by atoms with E-state index in [4.69, 9.17) is 27.9 Å². The van der Waals surface area contributed by atoms with E-state index in [-0.39, 0.29) is 11.9 Å². The highest BCUT2D eigenvalue weighted by Gasteiger charge is 2.24. The van der Waals surface area contributed by atoms with Crippen molar-refractivity contribution in [3.8, 4) is 0 Å². The average Bonchev–Trinajstić information content (AvgIpc) is 2.86. The normalized spacial score (nSPS) is 17.4. The van der Waals surface area contributed by atoms with E-state index in [0.717, 1.165) is 51.4 Å². The van der Waals surface area contributed by atoms with Crippen molar-refractivity contribution >= 4 is 46.5 Å². The molecule has 4 rings (SSSR count). The molecule has 2 aromatic carbocycles. The lowest BCUT2D eigenvalue weighted by molar-refractivity contribution is -0.116. The number of nitrogens with zero attached hydrogens (tertiary/aromatic N) is 2. The Morgan fingerprint density at radius 1 is 0.912 bits per heavy atom. The molecule has 0 unspecified atom stereocenters. The first-order chi connectivity index (χ1) is 16.5. The van der Waals surface area contributed by atoms with E-state index in [0.29, 0.717) is 41.2 Å². The number of hydrogen-bond acceptors (Lipinski definition) is 4. The Morgan fingerprint density at radius 3 is 2.21 bits per heavy atom. The van der Waals surface area contributed by atoms with E-state index in [1.165, 1.54) is 5.56 Å². The van der Waals surface area contributed by atoms with Crippen LogP contribution in [0.25, 0.3) is 0 Å². The molecule has 0 saturated carbocycles. The summed E-state index contributed by atoms with van der Waals surface area (Å²) in [5.74, 6) is 0.399. The van der Waals surface area contributed by atoms with Gasteiger partial charge >= 0.3 is 6.03 Å². The van der Waals surface area contributed by atoms with Gasteiger partial charge in [0, 0.05) is 44.8 Å². The van der Waals surface area contributed by atoms with Gasteiger partial charge in [-0.2, -0.15) is 0 Å². The van der Waals surface area contributed by atoms with E-state index in [2.05, 4.69) is 27.7 Å². The number of anilines is 2. The van der Waals surface area contributed by atoms with Gasteiger partial charge in [0.25, 0.3) is 0 Å². The standard InChI is InChI=1S/C25H30Cl2N4O3/c26-21-2-1-3-22(27)24(21)29-25(33)31-12-8-19(9-13-31)18-4-6-20(7-5-18)28-23(32)10-11-30-14-16-34-17-15-30/h1-7,19H,8-17H2,(H,28,32)(H,29,33). The third-order valence-electron chi connectivity index (χ3n) is 6.40. The summed E-state index contributed by atoms with van der Waals surface area (Å²) in [7, 11) is 0. The Kier molecular flexibility index (Phi) is 8.67. The highest BCUT2D eigenvalue weighted by atomic mass is 35.5. The molecular weight excluding hydrogens is 475 g/mol. The molecule has 0 radical (unpaired) electrons. The predicted octanol–water partition coefficient (Wildman–Crippen LogP) is 5.07. The summed E-state index contributed by atoms with van der Waals surface area (Å²) in [6.45, 7) is 5.30. The number of rotatable bonds is 6. The SMILES string of the molecule is O=C(CCN1CCOCC1)Nc1ccc(C2CCN(C(=O)Nc3c(Cl)cccc3Cl)CC2)cc1. The summed E-state index contributed by atoms with van der Waals surface area (Å²) < 4.78 is 5.34. The minimum atomic E-state index is -0.191. The maximum absolute atomic E-state index is 12.7. The zero-order valence-corrected chi connectivity index (χ0v) is 20.6. The second kappa shape index (κ2) is 11.9. The van der Waals surface area contributed by atoms with Crippen molar-refractivity contribution in [3.63, 3.8) is 0 Å². The lowest BCUT2D eigenvalue weighted by atomic mass is 9.89. The largest absolute Gasteiger partial charge is 0.379 e. The fraction of sp³-hybridized carbons (Fsp3) is 0.440. The van der Waals surface area contributed by atoms with Crippen LogP contribution >= 0.6 is 23.2 Å². The summed E-state index contributed by atoms with van der Waals surface area (Å²) in [5.41, 5.74) is 2.48. The van der Waals surface area contributed by atoms with Crippen LogP contribution in [0.3, 0.4) is 0 Å². The van der Waals surface area contributed by atoms with E-state index in [9.17, 15) is 9.59 Å². The molecule has 7 nitrogen and oxygen atoms in total. The lowest BCUT2D eigenvalue weighted by Gasteiger charge is -2.32. The van der Waals surface area contributed by atoms with E-state index >= 15 is 0 Å². The summed E-state index contributed by atoms with van der Waals surface area (Å²) in [6.07, 6.45) is 2.21. The van der Waals surface area contributed by atoms with Crippen molar-refractivity contribution in [1.29, 1.82) is 0 Å². The fourth-order valence-corrected chi connectivity index (χ4v) is 4.86. The Bertz CT molecular complexity index is 968. The number of benzene rings is 2. The van der Waals surface area contributed by atoms with Crippen LogP contribution in [0.15, 0.2) is 42.5 Å². The highest BCUT2D eigenvalue weighted by Crippen LogP contribution is 2.32. The number of halogens is 2. The molecule has 2 N–H and O–H groups in total. The molecule has 34 heavy (non-hydrogen) atoms. The van der Waals surface area contributed by atoms with Crippen LogP contribution in [0.2, 0.25) is 10.0 Å². The van der Waals surface area contributed by atoms with Crippen molar-refractivity contribution in [3.05, 3.63) is 58.1 Å². The first-order valence-electron chi connectivity index (χ1n) is 11.7. The van der Waals surface area contributed by atoms with Crippen LogP contribution in [-0.4, -0.2) is 67.7 Å². The van der Waals surface area contributed by atoms with Crippen LogP contribution in [0.4, 0.5) is 16.2 Å². The zero-order valence-electron chi connectivity index (χ0n) is 19.1. The van der Waals surface area contributed by atoms with E-state index in [1.54, 1.807) is 23.1 Å². The van der Waals surface area contributed by atoms with Crippen molar-refractivity contribution in [2.24, 2.45) is 0 Å². The van der Waals surface area contributed by atoms with Gasteiger partial charge in [-0.25, -0.2) is 4.79 Å². The molecule has 0 aromatic heterocycles. The minimum absolute atomic E-state index is 0.0252. The molecule has 0 atom stereocenters. The van der Waals surface area contributed by atoms with Gasteiger partial charge in [-0.1, -0.05) is 41.4 Å². The third kappa shape index (κ3) is 6.63. The van der Waals surface area contributed by atoms with E-state index < -0.39 is 0 Å². The molecule has 9 heteroatoms. The molecule has 2 aliphatic rings. The molecule has 2 aliphatic heterocycles. The number of nitrogens with one attached hydrogen (secondary N) is 2. The number of piperidine rings is 1. The van der Waals surface area contributed by atoms with Gasteiger partial charge < -0.3 is 20.3 Å². The quantitative estimate of drug-likeness (QED) is 0.576. The third-order valence-corrected chi connectivity index (χ3v) is 7.03. The maximum Gasteiger partial charge on any atom is 0.321 e. The number of likely N-dealkylation sites (tertiary alicyclic amines) is 1. The number of hydrogen-bond donors (Lipinski definition) is 2. The fourth-order valence-electron chi connectivity index (χ4n) is 4.37. The Labute approximate surface area is 210 Å². The van der Waals surface area contributed by atoms with Gasteiger partial charge in [-0.05, 0) is 48.6 Å². The smallest absolute Gasteiger partial charge is 0.321 e. The number of para-hydroxylation sites is 1. The van der Waals surface area contributed by atoms with Crippen LogP contribution < -0.4 is 10.6 Å². The summed E-state index contributed by atoms with van der Waals surface area (Å²) >= 11 is 12.3. The molecule has 3 amide bonds.